The van der Waals surface area contributed by atoms with Crippen LogP contribution in [0.25, 0.3) is 11.5 Å². The molecule has 0 aliphatic carbocycles. The fraction of sp³-hybridized carbons (Fsp3) is 0.267. The van der Waals surface area contributed by atoms with E-state index in [1.54, 1.807) is 11.3 Å². The van der Waals surface area contributed by atoms with Gasteiger partial charge >= 0.3 is 0 Å². The molecule has 0 saturated heterocycles. The first-order chi connectivity index (χ1) is 10.7. The second-order valence-electron chi connectivity index (χ2n) is 4.89. The Morgan fingerprint density at radius 3 is 3.05 bits per heavy atom. The number of carbonyl (C=O) groups is 1. The molecule has 3 rings (SSSR count). The van der Waals surface area contributed by atoms with Crippen LogP contribution < -0.4 is 5.32 Å². The third kappa shape index (κ3) is 3.09. The van der Waals surface area contributed by atoms with Crippen LogP contribution in [-0.4, -0.2) is 21.1 Å². The highest BCUT2D eigenvalue weighted by Crippen LogP contribution is 2.24. The van der Waals surface area contributed by atoms with Gasteiger partial charge in [-0.3, -0.25) is 9.89 Å². The fourth-order valence-corrected chi connectivity index (χ4v) is 2.68. The molecule has 7 heteroatoms. The molecular weight excluding hydrogens is 300 g/mol. The van der Waals surface area contributed by atoms with E-state index in [4.69, 9.17) is 4.42 Å². The Bertz CT molecular complexity index is 773. The van der Waals surface area contributed by atoms with Crippen molar-refractivity contribution in [1.82, 2.24) is 15.2 Å². The molecule has 0 saturated carbocycles. The molecule has 0 fully saturated rings. The summed E-state index contributed by atoms with van der Waals surface area (Å²) in [6, 6.07) is 3.76. The minimum Gasteiger partial charge on any atom is -0.441 e. The average Bonchev–Trinajstić information content (AvgIpc) is 3.21. The van der Waals surface area contributed by atoms with E-state index in [1.165, 1.54) is 0 Å². The zero-order chi connectivity index (χ0) is 15.5. The smallest absolute Gasteiger partial charge is 0.231 e. The molecule has 1 amide bonds. The maximum absolute atomic E-state index is 12.1. The first-order valence-corrected chi connectivity index (χ1v) is 7.93. The van der Waals surface area contributed by atoms with Gasteiger partial charge in [-0.05, 0) is 24.8 Å². The second kappa shape index (κ2) is 6.15. The van der Waals surface area contributed by atoms with E-state index >= 15 is 0 Å². The summed E-state index contributed by atoms with van der Waals surface area (Å²) in [7, 11) is 0. The number of anilines is 1. The lowest BCUT2D eigenvalue weighted by Crippen LogP contribution is -2.15. The topological polar surface area (TPSA) is 83.8 Å². The fourth-order valence-electron chi connectivity index (χ4n) is 2.05. The number of nitrogens with zero attached hydrogens (tertiary/aromatic N) is 2. The number of oxazole rings is 1. The number of carbonyl (C=O) groups excluding carboxylic acids is 1. The molecule has 6 nitrogen and oxygen atoms in total. The molecule has 0 aromatic carbocycles. The Morgan fingerprint density at radius 2 is 2.36 bits per heavy atom. The summed E-state index contributed by atoms with van der Waals surface area (Å²) in [4.78, 5) is 16.5. The van der Waals surface area contributed by atoms with Crippen molar-refractivity contribution in [2.24, 2.45) is 0 Å². The standard InChI is InChI=1S/C15H16N4O2S/c1-3-11-6-13(19-18-11)17-14(20)7-12-9(2)21-15(16-12)10-4-5-22-8-10/h4-6,8H,3,7H2,1-2H3,(H2,17,18,19,20). The Labute approximate surface area is 131 Å². The molecule has 114 valence electrons. The maximum Gasteiger partial charge on any atom is 0.231 e. The van der Waals surface area contributed by atoms with Crippen LogP contribution in [0.5, 0.6) is 0 Å². The number of hydrogen-bond acceptors (Lipinski definition) is 5. The monoisotopic (exact) mass is 316 g/mol. The SMILES string of the molecule is CCc1cc(NC(=O)Cc2nc(-c3ccsc3)oc2C)n[nH]1. The zero-order valence-electron chi connectivity index (χ0n) is 12.3. The molecule has 22 heavy (non-hydrogen) atoms. The van der Waals surface area contributed by atoms with Gasteiger partial charge in [0.15, 0.2) is 5.82 Å². The Kier molecular flexibility index (Phi) is 4.06. The summed E-state index contributed by atoms with van der Waals surface area (Å²) in [5.41, 5.74) is 2.55. The van der Waals surface area contributed by atoms with Crippen molar-refractivity contribution in [3.05, 3.63) is 40.0 Å². The molecule has 0 aliphatic heterocycles. The Morgan fingerprint density at radius 1 is 1.50 bits per heavy atom. The van der Waals surface area contributed by atoms with E-state index in [9.17, 15) is 4.79 Å². The lowest BCUT2D eigenvalue weighted by molar-refractivity contribution is -0.115. The Hall–Kier alpha value is -2.41. The van der Waals surface area contributed by atoms with Gasteiger partial charge in [0.1, 0.15) is 5.76 Å². The summed E-state index contributed by atoms with van der Waals surface area (Å²) >= 11 is 1.58. The van der Waals surface area contributed by atoms with E-state index in [1.807, 2.05) is 36.7 Å². The predicted molar refractivity (Wildman–Crippen MR) is 84.9 cm³/mol. The number of aryl methyl sites for hydroxylation is 2. The van der Waals surface area contributed by atoms with E-state index < -0.39 is 0 Å². The van der Waals surface area contributed by atoms with Crippen LogP contribution in [0.2, 0.25) is 0 Å². The highest BCUT2D eigenvalue weighted by molar-refractivity contribution is 7.08. The lowest BCUT2D eigenvalue weighted by atomic mass is 10.2. The molecular formula is C15H16N4O2S. The molecule has 0 aliphatic rings. The number of amides is 1. The van der Waals surface area contributed by atoms with Crippen LogP contribution in [0.4, 0.5) is 5.82 Å². The van der Waals surface area contributed by atoms with Gasteiger partial charge in [0.2, 0.25) is 11.8 Å². The summed E-state index contributed by atoms with van der Waals surface area (Å²) in [6.45, 7) is 3.83. The van der Waals surface area contributed by atoms with Crippen molar-refractivity contribution >= 4 is 23.1 Å². The highest BCUT2D eigenvalue weighted by atomic mass is 32.1. The van der Waals surface area contributed by atoms with Gasteiger partial charge in [-0.25, -0.2) is 4.98 Å². The van der Waals surface area contributed by atoms with Gasteiger partial charge in [0, 0.05) is 22.7 Å². The second-order valence-corrected chi connectivity index (χ2v) is 5.67. The predicted octanol–water partition coefficient (Wildman–Crippen LogP) is 3.18. The van der Waals surface area contributed by atoms with Crippen molar-refractivity contribution in [2.45, 2.75) is 26.7 Å². The molecule has 0 bridgehead atoms. The van der Waals surface area contributed by atoms with Crippen molar-refractivity contribution in [2.75, 3.05) is 5.32 Å². The third-order valence-electron chi connectivity index (χ3n) is 3.27. The highest BCUT2D eigenvalue weighted by Gasteiger charge is 2.15. The molecule has 0 unspecified atom stereocenters. The normalized spacial score (nSPS) is 10.8. The van der Waals surface area contributed by atoms with Crippen LogP contribution >= 0.6 is 11.3 Å². The molecule has 0 atom stereocenters. The number of hydrogen-bond donors (Lipinski definition) is 2. The van der Waals surface area contributed by atoms with Crippen molar-refractivity contribution < 1.29 is 9.21 Å². The summed E-state index contributed by atoms with van der Waals surface area (Å²) in [5.74, 6) is 1.57. The van der Waals surface area contributed by atoms with Gasteiger partial charge in [0.05, 0.1) is 12.1 Å². The van der Waals surface area contributed by atoms with Crippen LogP contribution in [0.15, 0.2) is 27.3 Å². The van der Waals surface area contributed by atoms with Crippen molar-refractivity contribution in [3.63, 3.8) is 0 Å². The van der Waals surface area contributed by atoms with E-state index in [0.29, 0.717) is 23.2 Å². The summed E-state index contributed by atoms with van der Waals surface area (Å²) in [5, 5.41) is 13.6. The first kappa shape index (κ1) is 14.5. The number of H-pyrrole nitrogens is 1. The third-order valence-corrected chi connectivity index (χ3v) is 3.95. The molecule has 3 heterocycles. The largest absolute Gasteiger partial charge is 0.441 e. The molecule has 0 radical (unpaired) electrons. The number of rotatable bonds is 5. The van der Waals surface area contributed by atoms with Gasteiger partial charge in [-0.1, -0.05) is 6.92 Å². The number of aromatic amines is 1. The molecule has 2 N–H and O–H groups in total. The van der Waals surface area contributed by atoms with Gasteiger partial charge in [-0.15, -0.1) is 0 Å². The molecule has 3 aromatic rings. The van der Waals surface area contributed by atoms with Crippen molar-refractivity contribution in [3.8, 4) is 11.5 Å². The summed E-state index contributed by atoms with van der Waals surface area (Å²) in [6.07, 6.45) is 1.00. The van der Waals surface area contributed by atoms with Gasteiger partial charge in [-0.2, -0.15) is 16.4 Å². The molecule has 3 aromatic heterocycles. The average molecular weight is 316 g/mol. The first-order valence-electron chi connectivity index (χ1n) is 6.98. The summed E-state index contributed by atoms with van der Waals surface area (Å²) < 4.78 is 5.63. The zero-order valence-corrected chi connectivity index (χ0v) is 13.2. The quantitative estimate of drug-likeness (QED) is 0.757. The van der Waals surface area contributed by atoms with E-state index in [0.717, 1.165) is 17.7 Å². The van der Waals surface area contributed by atoms with E-state index in [-0.39, 0.29) is 12.3 Å². The number of thiophene rings is 1. The minimum atomic E-state index is -0.164. The van der Waals surface area contributed by atoms with Crippen LogP contribution in [0.3, 0.4) is 0 Å². The van der Waals surface area contributed by atoms with Crippen LogP contribution in [0.1, 0.15) is 24.1 Å². The van der Waals surface area contributed by atoms with Crippen LogP contribution in [-0.2, 0) is 17.6 Å². The van der Waals surface area contributed by atoms with Gasteiger partial charge < -0.3 is 9.73 Å². The minimum absolute atomic E-state index is 0.161. The molecule has 0 spiro atoms. The van der Waals surface area contributed by atoms with Gasteiger partial charge in [0.25, 0.3) is 0 Å². The van der Waals surface area contributed by atoms with E-state index in [2.05, 4.69) is 20.5 Å². The van der Waals surface area contributed by atoms with Crippen LogP contribution in [0, 0.1) is 6.92 Å². The number of aromatic nitrogens is 3. The maximum atomic E-state index is 12.1. The number of nitrogens with one attached hydrogen (secondary N) is 2. The van der Waals surface area contributed by atoms with Crippen molar-refractivity contribution in [1.29, 1.82) is 0 Å². The Balaban J connectivity index is 1.69. The lowest BCUT2D eigenvalue weighted by Gasteiger charge is -1.99.